The van der Waals surface area contributed by atoms with Crippen LogP contribution in [0.2, 0.25) is 0 Å². The van der Waals surface area contributed by atoms with Crippen LogP contribution >= 0.6 is 11.8 Å². The standard InChI is InChI=1S/C16H28NS/c1-3-4-5-6-7-8-9-10-11-15(2)16-14-17-12-13-18-16/h12-15H,3-11H2,1-2H3. The van der Waals surface area contributed by atoms with Gasteiger partial charge in [-0.05, 0) is 17.7 Å². The van der Waals surface area contributed by atoms with E-state index in [-0.39, 0.29) is 0 Å². The maximum atomic E-state index is 4.20. The van der Waals surface area contributed by atoms with E-state index in [1.807, 2.05) is 24.2 Å². The van der Waals surface area contributed by atoms with E-state index in [9.17, 15) is 0 Å². The lowest BCUT2D eigenvalue weighted by atomic mass is 10.0. The van der Waals surface area contributed by atoms with Gasteiger partial charge in [0.15, 0.2) is 0 Å². The summed E-state index contributed by atoms with van der Waals surface area (Å²) in [5.74, 6) is 0.684. The minimum atomic E-state index is 0.684. The minimum absolute atomic E-state index is 0.684. The van der Waals surface area contributed by atoms with Gasteiger partial charge in [-0.15, -0.1) is 0 Å². The Bertz CT molecular complexity index is 258. The fourth-order valence-electron chi connectivity index (χ4n) is 2.26. The average molecular weight is 266 g/mol. The first-order valence-electron chi connectivity index (χ1n) is 7.56. The Morgan fingerprint density at radius 2 is 1.72 bits per heavy atom. The molecule has 1 atom stereocenters. The maximum absolute atomic E-state index is 4.20. The largest absolute Gasteiger partial charge is 0.263 e. The molecule has 0 saturated carbocycles. The van der Waals surface area contributed by atoms with E-state index in [4.69, 9.17) is 0 Å². The van der Waals surface area contributed by atoms with Crippen molar-refractivity contribution in [2.45, 2.75) is 71.6 Å². The monoisotopic (exact) mass is 266 g/mol. The van der Waals surface area contributed by atoms with Crippen molar-refractivity contribution in [2.24, 2.45) is 5.92 Å². The molecule has 0 aromatic carbocycles. The molecular formula is C16H28NS. The fourth-order valence-corrected chi connectivity index (χ4v) is 3.02. The first-order valence-corrected chi connectivity index (χ1v) is 8.44. The molecular weight excluding hydrogens is 238 g/mol. The second kappa shape index (κ2) is 10.5. The molecule has 0 aromatic heterocycles. The van der Waals surface area contributed by atoms with Crippen molar-refractivity contribution >= 4 is 11.8 Å². The van der Waals surface area contributed by atoms with Gasteiger partial charge in [0.2, 0.25) is 0 Å². The van der Waals surface area contributed by atoms with Crippen LogP contribution in [0.5, 0.6) is 0 Å². The van der Waals surface area contributed by atoms with Crippen molar-refractivity contribution in [3.8, 4) is 0 Å². The van der Waals surface area contributed by atoms with Crippen LogP contribution in [-0.2, 0) is 0 Å². The molecule has 0 N–H and O–H groups in total. The topological polar surface area (TPSA) is 14.1 Å². The van der Waals surface area contributed by atoms with Crippen LogP contribution in [0, 0.1) is 5.92 Å². The molecule has 1 nitrogen and oxygen atoms in total. The number of hydrogen-bond donors (Lipinski definition) is 0. The Labute approximate surface area is 118 Å². The van der Waals surface area contributed by atoms with Gasteiger partial charge in [0.25, 0.3) is 0 Å². The van der Waals surface area contributed by atoms with Crippen LogP contribution in [0.1, 0.15) is 71.6 Å². The number of thioether (sulfide) groups is 1. The second-order valence-electron chi connectivity index (χ2n) is 5.25. The summed E-state index contributed by atoms with van der Waals surface area (Å²) >= 11 is 1.84. The molecule has 2 heteroatoms. The zero-order valence-corrected chi connectivity index (χ0v) is 12.8. The molecule has 1 heterocycles. The molecule has 0 fully saturated rings. The van der Waals surface area contributed by atoms with E-state index in [1.54, 1.807) is 0 Å². The van der Waals surface area contributed by atoms with Gasteiger partial charge in [-0.2, -0.15) is 0 Å². The molecule has 1 radical (unpaired) electrons. The molecule has 1 rings (SSSR count). The third-order valence-electron chi connectivity index (χ3n) is 3.53. The molecule has 1 aliphatic rings. The maximum Gasteiger partial charge on any atom is 0.0369 e. The van der Waals surface area contributed by atoms with Crippen molar-refractivity contribution in [1.29, 1.82) is 0 Å². The van der Waals surface area contributed by atoms with Crippen LogP contribution in [0.25, 0.3) is 0 Å². The third kappa shape index (κ3) is 7.15. The van der Waals surface area contributed by atoms with E-state index in [0.29, 0.717) is 5.92 Å². The Kier molecular flexibility index (Phi) is 9.19. The molecule has 0 aromatic rings. The summed E-state index contributed by atoms with van der Waals surface area (Å²) in [5, 5.41) is 6.29. The van der Waals surface area contributed by atoms with Gasteiger partial charge in [-0.3, -0.25) is 5.32 Å². The normalized spacial score (nSPS) is 16.2. The predicted molar refractivity (Wildman–Crippen MR) is 83.3 cm³/mol. The average Bonchev–Trinajstić information content (AvgIpc) is 2.42. The van der Waals surface area contributed by atoms with Gasteiger partial charge in [-0.1, -0.05) is 77.0 Å². The van der Waals surface area contributed by atoms with Crippen LogP contribution in [0.3, 0.4) is 0 Å². The highest BCUT2D eigenvalue weighted by Crippen LogP contribution is 2.30. The molecule has 0 spiro atoms. The van der Waals surface area contributed by atoms with Crippen LogP contribution in [-0.4, -0.2) is 0 Å². The number of hydrogen-bond acceptors (Lipinski definition) is 1. The summed E-state index contributed by atoms with van der Waals surface area (Å²) in [6, 6.07) is 0. The van der Waals surface area contributed by atoms with Crippen molar-refractivity contribution in [1.82, 2.24) is 5.32 Å². The van der Waals surface area contributed by atoms with Crippen molar-refractivity contribution in [3.63, 3.8) is 0 Å². The summed E-state index contributed by atoms with van der Waals surface area (Å²) in [6.07, 6.45) is 16.5. The third-order valence-corrected chi connectivity index (χ3v) is 4.57. The van der Waals surface area contributed by atoms with Crippen LogP contribution in [0.15, 0.2) is 22.7 Å². The molecule has 0 bridgehead atoms. The SMILES string of the molecule is CCCCCCCCCCC(C)C1=C[N]C=CS1. The highest BCUT2D eigenvalue weighted by Gasteiger charge is 2.10. The lowest BCUT2D eigenvalue weighted by Gasteiger charge is -2.15. The van der Waals surface area contributed by atoms with E-state index >= 15 is 0 Å². The fraction of sp³-hybridized carbons (Fsp3) is 0.750. The van der Waals surface area contributed by atoms with Gasteiger partial charge in [0.1, 0.15) is 0 Å². The molecule has 1 aliphatic heterocycles. The zero-order valence-electron chi connectivity index (χ0n) is 12.0. The van der Waals surface area contributed by atoms with Crippen LogP contribution in [0.4, 0.5) is 0 Å². The van der Waals surface area contributed by atoms with E-state index in [0.717, 1.165) is 0 Å². The van der Waals surface area contributed by atoms with E-state index in [2.05, 4.69) is 24.6 Å². The molecule has 0 saturated heterocycles. The van der Waals surface area contributed by atoms with Crippen molar-refractivity contribution in [3.05, 3.63) is 22.7 Å². The summed E-state index contributed by atoms with van der Waals surface area (Å²) in [7, 11) is 0. The van der Waals surface area contributed by atoms with Crippen LogP contribution < -0.4 is 5.32 Å². The number of rotatable bonds is 10. The predicted octanol–water partition coefficient (Wildman–Crippen LogP) is 5.82. The van der Waals surface area contributed by atoms with E-state index in [1.165, 1.54) is 62.7 Å². The Morgan fingerprint density at radius 3 is 2.33 bits per heavy atom. The highest BCUT2D eigenvalue weighted by molar-refractivity contribution is 8.05. The molecule has 18 heavy (non-hydrogen) atoms. The number of unbranched alkanes of at least 4 members (excludes halogenated alkanes) is 7. The lowest BCUT2D eigenvalue weighted by Crippen LogP contribution is -2.01. The lowest BCUT2D eigenvalue weighted by molar-refractivity contribution is 0.529. The number of allylic oxidation sites excluding steroid dienone is 1. The summed E-state index contributed by atoms with van der Waals surface area (Å²) < 4.78 is 0. The van der Waals surface area contributed by atoms with Gasteiger partial charge < -0.3 is 0 Å². The quantitative estimate of drug-likeness (QED) is 0.455. The second-order valence-corrected chi connectivity index (χ2v) is 6.23. The van der Waals surface area contributed by atoms with Crippen molar-refractivity contribution < 1.29 is 0 Å². The van der Waals surface area contributed by atoms with Gasteiger partial charge in [0, 0.05) is 17.3 Å². The number of nitrogens with zero attached hydrogens (tertiary/aromatic N) is 1. The van der Waals surface area contributed by atoms with Crippen molar-refractivity contribution in [2.75, 3.05) is 0 Å². The van der Waals surface area contributed by atoms with Gasteiger partial charge >= 0.3 is 0 Å². The zero-order chi connectivity index (χ0) is 13.1. The Hall–Kier alpha value is -0.370. The summed E-state index contributed by atoms with van der Waals surface area (Å²) in [5.41, 5.74) is 0. The van der Waals surface area contributed by atoms with Gasteiger partial charge in [0.05, 0.1) is 0 Å². The Balaban J connectivity index is 1.92. The molecule has 103 valence electrons. The first kappa shape index (κ1) is 15.7. The Morgan fingerprint density at radius 1 is 1.06 bits per heavy atom. The molecule has 0 amide bonds. The molecule has 0 aliphatic carbocycles. The highest BCUT2D eigenvalue weighted by atomic mass is 32.2. The molecule has 1 unspecified atom stereocenters. The summed E-state index contributed by atoms with van der Waals surface area (Å²) in [6.45, 7) is 4.61. The minimum Gasteiger partial charge on any atom is -0.263 e. The van der Waals surface area contributed by atoms with E-state index < -0.39 is 0 Å². The summed E-state index contributed by atoms with van der Waals surface area (Å²) in [4.78, 5) is 1.43. The van der Waals surface area contributed by atoms with Gasteiger partial charge in [-0.25, -0.2) is 0 Å². The smallest absolute Gasteiger partial charge is 0.0369 e. The first-order chi connectivity index (χ1) is 8.84.